The Bertz CT molecular complexity index is 518. The van der Waals surface area contributed by atoms with Crippen molar-refractivity contribution < 1.29 is 15.0 Å². The highest BCUT2D eigenvalue weighted by Crippen LogP contribution is 1.99. The molecule has 2 aromatic carbocycles. The summed E-state index contributed by atoms with van der Waals surface area (Å²) in [6.07, 6.45) is 3.72. The number of carbonyl (C=O) groups is 1. The molecule has 2 aromatic rings. The Kier molecular flexibility index (Phi) is 7.46. The van der Waals surface area contributed by atoms with E-state index in [0.717, 1.165) is 11.1 Å². The standard InChI is InChI=1S/C9H10O.C8H8O2/c10-8-4-7-9-5-2-1-3-6-9;9-8(10)6-7-4-2-1-3-5-7/h1-7,10H,8H2;1-5H,6H2,(H,9,10). The monoisotopic (exact) mass is 270 g/mol. The van der Waals surface area contributed by atoms with E-state index in [1.165, 1.54) is 0 Å². The Morgan fingerprint density at radius 3 is 2.00 bits per heavy atom. The summed E-state index contributed by atoms with van der Waals surface area (Å²) in [7, 11) is 0. The molecular weight excluding hydrogens is 252 g/mol. The molecule has 0 fully saturated rings. The predicted octanol–water partition coefficient (Wildman–Crippen LogP) is 3.01. The summed E-state index contributed by atoms with van der Waals surface area (Å²) in [6, 6.07) is 19.0. The van der Waals surface area contributed by atoms with E-state index in [1.54, 1.807) is 18.2 Å². The van der Waals surface area contributed by atoms with Crippen LogP contribution in [0, 0.1) is 0 Å². The topological polar surface area (TPSA) is 57.5 Å². The number of hydrogen-bond acceptors (Lipinski definition) is 2. The molecule has 0 saturated heterocycles. The van der Waals surface area contributed by atoms with E-state index in [-0.39, 0.29) is 13.0 Å². The molecule has 2 rings (SSSR count). The van der Waals surface area contributed by atoms with Gasteiger partial charge in [0.25, 0.3) is 0 Å². The largest absolute Gasteiger partial charge is 0.481 e. The summed E-state index contributed by atoms with van der Waals surface area (Å²) in [5.74, 6) is -0.786. The van der Waals surface area contributed by atoms with Crippen molar-refractivity contribution in [3.8, 4) is 0 Å². The van der Waals surface area contributed by atoms with Gasteiger partial charge in [-0.15, -0.1) is 0 Å². The van der Waals surface area contributed by atoms with Gasteiger partial charge in [-0.3, -0.25) is 4.79 Å². The van der Waals surface area contributed by atoms with Crippen LogP contribution in [0.4, 0.5) is 0 Å². The molecule has 0 amide bonds. The molecule has 2 N–H and O–H groups in total. The summed E-state index contributed by atoms with van der Waals surface area (Å²) in [4.78, 5) is 10.2. The van der Waals surface area contributed by atoms with E-state index >= 15 is 0 Å². The first-order valence-electron chi connectivity index (χ1n) is 6.30. The normalized spacial score (nSPS) is 9.85. The van der Waals surface area contributed by atoms with Gasteiger partial charge < -0.3 is 10.2 Å². The lowest BCUT2D eigenvalue weighted by atomic mass is 10.2. The lowest BCUT2D eigenvalue weighted by Gasteiger charge is -1.92. The van der Waals surface area contributed by atoms with Crippen LogP contribution >= 0.6 is 0 Å². The number of rotatable bonds is 4. The van der Waals surface area contributed by atoms with E-state index in [9.17, 15) is 4.79 Å². The van der Waals surface area contributed by atoms with Gasteiger partial charge in [0.2, 0.25) is 0 Å². The Morgan fingerprint density at radius 1 is 0.950 bits per heavy atom. The van der Waals surface area contributed by atoms with Crippen molar-refractivity contribution in [2.45, 2.75) is 6.42 Å². The predicted molar refractivity (Wildman–Crippen MR) is 80.3 cm³/mol. The summed E-state index contributed by atoms with van der Waals surface area (Å²) < 4.78 is 0. The molecule has 0 heterocycles. The van der Waals surface area contributed by atoms with Crippen LogP contribution in [0.25, 0.3) is 6.08 Å². The van der Waals surface area contributed by atoms with Crippen molar-refractivity contribution in [3.63, 3.8) is 0 Å². The smallest absolute Gasteiger partial charge is 0.307 e. The second-order valence-corrected chi connectivity index (χ2v) is 4.05. The molecule has 3 heteroatoms. The maximum absolute atomic E-state index is 10.2. The first-order valence-corrected chi connectivity index (χ1v) is 6.30. The van der Waals surface area contributed by atoms with Crippen LogP contribution in [0.3, 0.4) is 0 Å². The molecule has 0 atom stereocenters. The van der Waals surface area contributed by atoms with Gasteiger partial charge in [0.1, 0.15) is 0 Å². The zero-order valence-corrected chi connectivity index (χ0v) is 11.1. The van der Waals surface area contributed by atoms with E-state index in [0.29, 0.717) is 0 Å². The minimum absolute atomic E-state index is 0.106. The van der Waals surface area contributed by atoms with E-state index in [2.05, 4.69) is 0 Å². The Labute approximate surface area is 118 Å². The Hall–Kier alpha value is -2.39. The zero-order valence-electron chi connectivity index (χ0n) is 11.1. The van der Waals surface area contributed by atoms with Gasteiger partial charge in [0.05, 0.1) is 13.0 Å². The van der Waals surface area contributed by atoms with Crippen LogP contribution in [0.2, 0.25) is 0 Å². The molecule has 0 spiro atoms. The minimum Gasteiger partial charge on any atom is -0.481 e. The highest BCUT2D eigenvalue weighted by molar-refractivity contribution is 5.70. The van der Waals surface area contributed by atoms with Crippen molar-refractivity contribution in [1.82, 2.24) is 0 Å². The maximum atomic E-state index is 10.2. The first-order chi connectivity index (χ1) is 9.72. The molecule has 0 radical (unpaired) electrons. The number of aliphatic carboxylic acids is 1. The number of aliphatic hydroxyl groups excluding tert-OH is 1. The van der Waals surface area contributed by atoms with Crippen LogP contribution in [-0.2, 0) is 11.2 Å². The van der Waals surface area contributed by atoms with Crippen LogP contribution in [0.15, 0.2) is 66.7 Å². The lowest BCUT2D eigenvalue weighted by Crippen LogP contribution is -1.98. The minimum atomic E-state index is -0.786. The molecule has 0 bridgehead atoms. The Balaban J connectivity index is 0.000000200. The van der Waals surface area contributed by atoms with E-state index in [1.807, 2.05) is 54.6 Å². The van der Waals surface area contributed by atoms with Crippen molar-refractivity contribution in [2.24, 2.45) is 0 Å². The fraction of sp³-hybridized carbons (Fsp3) is 0.118. The zero-order chi connectivity index (χ0) is 14.6. The summed E-state index contributed by atoms with van der Waals surface area (Å²) in [5, 5.41) is 16.8. The van der Waals surface area contributed by atoms with Crippen LogP contribution < -0.4 is 0 Å². The van der Waals surface area contributed by atoms with Gasteiger partial charge in [0, 0.05) is 0 Å². The van der Waals surface area contributed by atoms with Crippen LogP contribution in [-0.4, -0.2) is 22.8 Å². The van der Waals surface area contributed by atoms with E-state index in [4.69, 9.17) is 10.2 Å². The fourth-order valence-electron chi connectivity index (χ4n) is 1.52. The molecule has 20 heavy (non-hydrogen) atoms. The van der Waals surface area contributed by atoms with Gasteiger partial charge in [-0.05, 0) is 11.1 Å². The molecule has 0 aliphatic carbocycles. The second kappa shape index (κ2) is 9.53. The molecule has 0 aromatic heterocycles. The summed E-state index contributed by atoms with van der Waals surface area (Å²) in [6.45, 7) is 0.106. The van der Waals surface area contributed by atoms with Crippen molar-refractivity contribution in [3.05, 3.63) is 77.9 Å². The molecule has 104 valence electrons. The summed E-state index contributed by atoms with van der Waals surface area (Å²) in [5.41, 5.74) is 1.96. The van der Waals surface area contributed by atoms with E-state index < -0.39 is 5.97 Å². The third-order valence-corrected chi connectivity index (χ3v) is 2.41. The SMILES string of the molecule is O=C(O)Cc1ccccc1.OCC=Cc1ccccc1. The molecule has 0 aliphatic heterocycles. The molecular formula is C17H18O3. The van der Waals surface area contributed by atoms with Gasteiger partial charge in [-0.1, -0.05) is 72.8 Å². The maximum Gasteiger partial charge on any atom is 0.307 e. The highest BCUT2D eigenvalue weighted by atomic mass is 16.4. The number of hydrogen-bond donors (Lipinski definition) is 2. The van der Waals surface area contributed by atoms with Crippen molar-refractivity contribution >= 4 is 12.0 Å². The third-order valence-electron chi connectivity index (χ3n) is 2.41. The third kappa shape index (κ3) is 7.13. The molecule has 0 saturated carbocycles. The van der Waals surface area contributed by atoms with Crippen LogP contribution in [0.5, 0.6) is 0 Å². The van der Waals surface area contributed by atoms with Crippen LogP contribution in [0.1, 0.15) is 11.1 Å². The fourth-order valence-corrected chi connectivity index (χ4v) is 1.52. The first kappa shape index (κ1) is 15.7. The number of carboxylic acid groups (broad SMARTS) is 1. The van der Waals surface area contributed by atoms with Gasteiger partial charge >= 0.3 is 5.97 Å². The highest BCUT2D eigenvalue weighted by Gasteiger charge is 1.96. The van der Waals surface area contributed by atoms with Crippen molar-refractivity contribution in [2.75, 3.05) is 6.61 Å². The summed E-state index contributed by atoms with van der Waals surface area (Å²) >= 11 is 0. The molecule has 0 aliphatic rings. The molecule has 0 unspecified atom stereocenters. The lowest BCUT2D eigenvalue weighted by molar-refractivity contribution is -0.136. The van der Waals surface area contributed by atoms with Crippen molar-refractivity contribution in [1.29, 1.82) is 0 Å². The molecule has 3 nitrogen and oxygen atoms in total. The van der Waals surface area contributed by atoms with Gasteiger partial charge in [0.15, 0.2) is 0 Å². The second-order valence-electron chi connectivity index (χ2n) is 4.05. The number of benzene rings is 2. The average molecular weight is 270 g/mol. The quantitative estimate of drug-likeness (QED) is 0.898. The number of carboxylic acids is 1. The van der Waals surface area contributed by atoms with Gasteiger partial charge in [-0.25, -0.2) is 0 Å². The van der Waals surface area contributed by atoms with Gasteiger partial charge in [-0.2, -0.15) is 0 Å². The average Bonchev–Trinajstić information content (AvgIpc) is 2.47. The number of aliphatic hydroxyl groups is 1. The Morgan fingerprint density at radius 2 is 1.50 bits per heavy atom.